The van der Waals surface area contributed by atoms with Gasteiger partial charge in [-0.25, -0.2) is 4.98 Å². The quantitative estimate of drug-likeness (QED) is 0.918. The van der Waals surface area contributed by atoms with Crippen LogP contribution in [0.5, 0.6) is 0 Å². The minimum Gasteiger partial charge on any atom is -0.481 e. The average Bonchev–Trinajstić information content (AvgIpc) is 2.82. The second kappa shape index (κ2) is 4.70. The van der Waals surface area contributed by atoms with E-state index in [2.05, 4.69) is 4.98 Å². The summed E-state index contributed by atoms with van der Waals surface area (Å²) in [5.74, 6) is -0.195. The standard InChI is InChI=1S/C14H13ClN2O2/c15-11-3-1-9(2-4-11)12-8-17-6-5-10(14(18)19)7-13(17)16-12/h1-4,8,10H,5-7H2,(H,18,19). The first-order valence-electron chi connectivity index (χ1n) is 6.18. The van der Waals surface area contributed by atoms with Crippen LogP contribution in [0, 0.1) is 5.92 Å². The molecule has 1 aromatic carbocycles. The van der Waals surface area contributed by atoms with Gasteiger partial charge in [-0.1, -0.05) is 23.7 Å². The molecule has 19 heavy (non-hydrogen) atoms. The summed E-state index contributed by atoms with van der Waals surface area (Å²) in [6.07, 6.45) is 3.15. The summed E-state index contributed by atoms with van der Waals surface area (Å²) >= 11 is 5.86. The highest BCUT2D eigenvalue weighted by atomic mass is 35.5. The number of aryl methyl sites for hydroxylation is 1. The fraction of sp³-hybridized carbons (Fsp3) is 0.286. The van der Waals surface area contributed by atoms with Gasteiger partial charge in [-0.15, -0.1) is 0 Å². The van der Waals surface area contributed by atoms with E-state index in [1.165, 1.54) is 0 Å². The summed E-state index contributed by atoms with van der Waals surface area (Å²) in [7, 11) is 0. The lowest BCUT2D eigenvalue weighted by molar-refractivity contribution is -0.142. The number of rotatable bonds is 2. The molecule has 3 rings (SSSR count). The van der Waals surface area contributed by atoms with Gasteiger partial charge in [0.1, 0.15) is 5.82 Å². The van der Waals surface area contributed by atoms with Crippen LogP contribution < -0.4 is 0 Å². The van der Waals surface area contributed by atoms with Gasteiger partial charge in [-0.3, -0.25) is 4.79 Å². The largest absolute Gasteiger partial charge is 0.481 e. The molecule has 1 aromatic heterocycles. The van der Waals surface area contributed by atoms with E-state index in [4.69, 9.17) is 16.7 Å². The van der Waals surface area contributed by atoms with Crippen LogP contribution in [0.15, 0.2) is 30.5 Å². The zero-order chi connectivity index (χ0) is 13.4. The molecule has 2 aromatic rings. The molecule has 0 saturated heterocycles. The van der Waals surface area contributed by atoms with E-state index in [0.717, 1.165) is 17.1 Å². The van der Waals surface area contributed by atoms with Crippen molar-refractivity contribution in [3.63, 3.8) is 0 Å². The van der Waals surface area contributed by atoms with E-state index < -0.39 is 5.97 Å². The summed E-state index contributed by atoms with van der Waals surface area (Å²) < 4.78 is 2.05. The second-order valence-corrected chi connectivity index (χ2v) is 5.21. The number of hydrogen-bond donors (Lipinski definition) is 1. The van der Waals surface area contributed by atoms with Crippen molar-refractivity contribution in [2.24, 2.45) is 5.92 Å². The number of fused-ring (bicyclic) bond motifs is 1. The molecule has 0 fully saturated rings. The van der Waals surface area contributed by atoms with Gasteiger partial charge in [0.05, 0.1) is 11.6 Å². The Balaban J connectivity index is 1.91. The topological polar surface area (TPSA) is 55.1 Å². The highest BCUT2D eigenvalue weighted by Crippen LogP contribution is 2.26. The van der Waals surface area contributed by atoms with Gasteiger partial charge in [0, 0.05) is 29.7 Å². The Morgan fingerprint density at radius 1 is 1.37 bits per heavy atom. The van der Waals surface area contributed by atoms with E-state index in [0.29, 0.717) is 24.4 Å². The summed E-state index contributed by atoms with van der Waals surface area (Å²) in [5.41, 5.74) is 1.87. The molecule has 1 atom stereocenters. The number of halogens is 1. The first-order valence-corrected chi connectivity index (χ1v) is 6.56. The molecule has 4 nitrogen and oxygen atoms in total. The Labute approximate surface area is 115 Å². The van der Waals surface area contributed by atoms with Gasteiger partial charge in [-0.2, -0.15) is 0 Å². The zero-order valence-electron chi connectivity index (χ0n) is 10.2. The summed E-state index contributed by atoms with van der Waals surface area (Å²) in [6, 6.07) is 7.50. The molecule has 1 aliphatic heterocycles. The maximum Gasteiger partial charge on any atom is 0.307 e. The van der Waals surface area contributed by atoms with Gasteiger partial charge in [-0.05, 0) is 18.6 Å². The molecule has 0 radical (unpaired) electrons. The minimum atomic E-state index is -0.734. The molecule has 1 unspecified atom stereocenters. The molecule has 0 aliphatic carbocycles. The van der Waals surface area contributed by atoms with Crippen LogP contribution in [0.2, 0.25) is 5.02 Å². The first kappa shape index (κ1) is 12.2. The molecule has 1 aliphatic rings. The van der Waals surface area contributed by atoms with E-state index in [-0.39, 0.29) is 5.92 Å². The summed E-state index contributed by atoms with van der Waals surface area (Å²) in [5, 5.41) is 9.76. The normalized spacial score (nSPS) is 18.1. The number of carbonyl (C=O) groups is 1. The van der Waals surface area contributed by atoms with Crippen molar-refractivity contribution in [1.29, 1.82) is 0 Å². The third-order valence-electron chi connectivity index (χ3n) is 3.50. The Morgan fingerprint density at radius 3 is 2.79 bits per heavy atom. The van der Waals surface area contributed by atoms with Crippen molar-refractivity contribution in [3.05, 3.63) is 41.3 Å². The van der Waals surface area contributed by atoms with Crippen LogP contribution in [0.1, 0.15) is 12.2 Å². The number of imidazole rings is 1. The highest BCUT2D eigenvalue weighted by Gasteiger charge is 2.25. The average molecular weight is 277 g/mol. The fourth-order valence-electron chi connectivity index (χ4n) is 2.40. The van der Waals surface area contributed by atoms with Crippen LogP contribution in [-0.4, -0.2) is 20.6 Å². The molecule has 98 valence electrons. The molecule has 5 heteroatoms. The Bertz CT molecular complexity index is 619. The molecule has 2 heterocycles. The number of nitrogens with zero attached hydrogens (tertiary/aromatic N) is 2. The maximum absolute atomic E-state index is 11.0. The van der Waals surface area contributed by atoms with Crippen molar-refractivity contribution < 1.29 is 9.90 Å². The Kier molecular flexibility index (Phi) is 3.03. The maximum atomic E-state index is 11.0. The molecule has 0 amide bonds. The fourth-order valence-corrected chi connectivity index (χ4v) is 2.52. The van der Waals surface area contributed by atoms with Gasteiger partial charge >= 0.3 is 5.97 Å². The van der Waals surface area contributed by atoms with Gasteiger partial charge in [0.15, 0.2) is 0 Å². The van der Waals surface area contributed by atoms with Crippen molar-refractivity contribution in [2.45, 2.75) is 19.4 Å². The number of benzene rings is 1. The smallest absolute Gasteiger partial charge is 0.307 e. The molecule has 0 bridgehead atoms. The van der Waals surface area contributed by atoms with Crippen LogP contribution in [0.3, 0.4) is 0 Å². The lowest BCUT2D eigenvalue weighted by Crippen LogP contribution is -2.25. The van der Waals surface area contributed by atoms with E-state index in [1.54, 1.807) is 0 Å². The van der Waals surface area contributed by atoms with Crippen LogP contribution in [0.25, 0.3) is 11.3 Å². The molecule has 1 N–H and O–H groups in total. The zero-order valence-corrected chi connectivity index (χ0v) is 11.0. The number of aliphatic carboxylic acids is 1. The van der Waals surface area contributed by atoms with Crippen LogP contribution in [-0.2, 0) is 17.8 Å². The predicted molar refractivity (Wildman–Crippen MR) is 72.1 cm³/mol. The van der Waals surface area contributed by atoms with E-state index in [9.17, 15) is 4.79 Å². The second-order valence-electron chi connectivity index (χ2n) is 4.77. The third-order valence-corrected chi connectivity index (χ3v) is 3.75. The van der Waals surface area contributed by atoms with Crippen LogP contribution >= 0.6 is 11.6 Å². The van der Waals surface area contributed by atoms with Gasteiger partial charge in [0.25, 0.3) is 0 Å². The van der Waals surface area contributed by atoms with Crippen molar-refractivity contribution in [2.75, 3.05) is 0 Å². The lowest BCUT2D eigenvalue weighted by atomic mass is 9.98. The third kappa shape index (κ3) is 2.36. The lowest BCUT2D eigenvalue weighted by Gasteiger charge is -2.19. The summed E-state index contributed by atoms with van der Waals surface area (Å²) in [6.45, 7) is 0.715. The van der Waals surface area contributed by atoms with Crippen LogP contribution in [0.4, 0.5) is 0 Å². The monoisotopic (exact) mass is 276 g/mol. The molecule has 0 spiro atoms. The number of aromatic nitrogens is 2. The summed E-state index contributed by atoms with van der Waals surface area (Å²) in [4.78, 5) is 15.6. The van der Waals surface area contributed by atoms with Gasteiger partial charge in [0.2, 0.25) is 0 Å². The van der Waals surface area contributed by atoms with Crippen molar-refractivity contribution >= 4 is 17.6 Å². The minimum absolute atomic E-state index is 0.312. The molecular formula is C14H13ClN2O2. The number of carboxylic acid groups (broad SMARTS) is 1. The first-order chi connectivity index (χ1) is 9.13. The number of hydrogen-bond acceptors (Lipinski definition) is 2. The number of carboxylic acids is 1. The molecular weight excluding hydrogens is 264 g/mol. The predicted octanol–water partition coefficient (Wildman–Crippen LogP) is 2.85. The Hall–Kier alpha value is -1.81. The van der Waals surface area contributed by atoms with Crippen molar-refractivity contribution in [3.8, 4) is 11.3 Å². The van der Waals surface area contributed by atoms with E-state index in [1.807, 2.05) is 35.0 Å². The van der Waals surface area contributed by atoms with Crippen molar-refractivity contribution in [1.82, 2.24) is 9.55 Å². The highest BCUT2D eigenvalue weighted by molar-refractivity contribution is 6.30. The van der Waals surface area contributed by atoms with E-state index >= 15 is 0 Å². The Morgan fingerprint density at radius 2 is 2.11 bits per heavy atom. The SMILES string of the molecule is O=C(O)C1CCn2cc(-c3ccc(Cl)cc3)nc2C1. The molecule has 0 saturated carbocycles. The van der Waals surface area contributed by atoms with Gasteiger partial charge < -0.3 is 9.67 Å².